The first-order chi connectivity index (χ1) is 11.6. The van der Waals surface area contributed by atoms with Crippen molar-refractivity contribution in [3.63, 3.8) is 0 Å². The van der Waals surface area contributed by atoms with Gasteiger partial charge in [0.05, 0.1) is 21.8 Å². The number of nitrogens with one attached hydrogen (secondary N) is 1. The molecule has 0 unspecified atom stereocenters. The molecule has 2 saturated heterocycles. The van der Waals surface area contributed by atoms with E-state index < -0.39 is 44.7 Å². The van der Waals surface area contributed by atoms with Crippen molar-refractivity contribution >= 4 is 120 Å². The molecule has 1 radical (unpaired) electrons. The Morgan fingerprint density at radius 3 is 2.54 bits per heavy atom. The molecular formula is C13H11Cl3FKN3O4S. The van der Waals surface area contributed by atoms with Crippen LogP contribution in [0.1, 0.15) is 6.42 Å². The first-order valence-corrected chi connectivity index (χ1v) is 9.99. The van der Waals surface area contributed by atoms with E-state index in [0.29, 0.717) is 4.90 Å². The van der Waals surface area contributed by atoms with Crippen LogP contribution < -0.4 is 9.62 Å². The van der Waals surface area contributed by atoms with Gasteiger partial charge in [0.25, 0.3) is 5.91 Å². The molecule has 3 amide bonds. The second kappa shape index (κ2) is 8.38. The molecule has 0 aromatic heterocycles. The van der Waals surface area contributed by atoms with Crippen LogP contribution >= 0.6 is 34.8 Å². The SMILES string of the molecule is O=C1[C@H]2C[C@H](Cl)CN2C(=O)N1c1cc(NS(=O)(=O)CCl)c(Cl)cc1F.[K]. The van der Waals surface area contributed by atoms with Crippen molar-refractivity contribution in [3.05, 3.63) is 23.0 Å². The summed E-state index contributed by atoms with van der Waals surface area (Å²) in [5.74, 6) is -1.57. The van der Waals surface area contributed by atoms with Gasteiger partial charge >= 0.3 is 6.03 Å². The number of hydrogen-bond donors (Lipinski definition) is 1. The minimum absolute atomic E-state index is 0. The number of nitrogens with zero attached hydrogens (tertiary/aromatic N) is 2. The van der Waals surface area contributed by atoms with Gasteiger partial charge in [-0.15, -0.1) is 23.2 Å². The third kappa shape index (κ3) is 4.18. The van der Waals surface area contributed by atoms with Crippen LogP contribution in [0.4, 0.5) is 20.6 Å². The molecule has 137 valence electrons. The average Bonchev–Trinajstić information content (AvgIpc) is 3.01. The number of imide groups is 1. The molecule has 2 heterocycles. The number of anilines is 2. The quantitative estimate of drug-likeness (QED) is 0.416. The van der Waals surface area contributed by atoms with Gasteiger partial charge in [-0.25, -0.2) is 22.5 Å². The van der Waals surface area contributed by atoms with Crippen LogP contribution in [0.15, 0.2) is 12.1 Å². The predicted octanol–water partition coefficient (Wildman–Crippen LogP) is 2.18. The number of carbonyl (C=O) groups is 2. The standard InChI is InChI=1S/C13H11Cl3FN3O4S.K/c14-5-25(23,24)18-9-3-10(8(17)2-7(9)16)20-12(21)11-1-6(15)4-19(11)13(20)22;/h2-3,6,11,18H,1,4-5H2;/t6-,11+;/m0./s1. The van der Waals surface area contributed by atoms with Crippen LogP contribution in [-0.4, -0.2) is 99.8 Å². The zero-order valence-electron chi connectivity index (χ0n) is 13.4. The van der Waals surface area contributed by atoms with Crippen molar-refractivity contribution < 1.29 is 22.4 Å². The number of alkyl halides is 2. The van der Waals surface area contributed by atoms with Gasteiger partial charge in [0.1, 0.15) is 17.1 Å². The Balaban J connectivity index is 0.00000243. The van der Waals surface area contributed by atoms with E-state index in [4.69, 9.17) is 34.8 Å². The maximum absolute atomic E-state index is 14.3. The normalized spacial score (nSPS) is 22.5. The van der Waals surface area contributed by atoms with E-state index in [1.807, 2.05) is 0 Å². The molecule has 1 aromatic rings. The summed E-state index contributed by atoms with van der Waals surface area (Å²) in [6, 6.07) is 0.327. The van der Waals surface area contributed by atoms with Gasteiger partial charge in [0.2, 0.25) is 10.0 Å². The van der Waals surface area contributed by atoms with Crippen LogP contribution in [0.2, 0.25) is 5.02 Å². The van der Waals surface area contributed by atoms with E-state index in [-0.39, 0.29) is 80.4 Å². The van der Waals surface area contributed by atoms with Crippen molar-refractivity contribution in [2.45, 2.75) is 17.8 Å². The molecular weight excluding hydrogens is 459 g/mol. The minimum Gasteiger partial charge on any atom is -0.310 e. The van der Waals surface area contributed by atoms with Crippen LogP contribution in [0.3, 0.4) is 0 Å². The predicted molar refractivity (Wildman–Crippen MR) is 98.1 cm³/mol. The number of sulfonamides is 1. The van der Waals surface area contributed by atoms with E-state index in [0.717, 1.165) is 12.1 Å². The molecule has 7 nitrogen and oxygen atoms in total. The fourth-order valence-corrected chi connectivity index (χ4v) is 4.10. The van der Waals surface area contributed by atoms with Crippen LogP contribution in [0.5, 0.6) is 0 Å². The summed E-state index contributed by atoms with van der Waals surface area (Å²) in [7, 11) is -3.91. The number of urea groups is 1. The van der Waals surface area contributed by atoms with Gasteiger partial charge in [-0.3, -0.25) is 9.52 Å². The van der Waals surface area contributed by atoms with E-state index in [9.17, 15) is 22.4 Å². The van der Waals surface area contributed by atoms with Crippen molar-refractivity contribution in [1.82, 2.24) is 4.90 Å². The second-order valence-corrected chi connectivity index (χ2v) is 8.90. The second-order valence-electron chi connectivity index (χ2n) is 5.57. The Morgan fingerprint density at radius 2 is 1.96 bits per heavy atom. The largest absolute Gasteiger partial charge is 0.332 e. The molecule has 2 aliphatic heterocycles. The maximum atomic E-state index is 14.3. The van der Waals surface area contributed by atoms with Crippen LogP contribution in [0, 0.1) is 5.82 Å². The monoisotopic (exact) mass is 468 g/mol. The van der Waals surface area contributed by atoms with Gasteiger partial charge in [-0.1, -0.05) is 11.6 Å². The van der Waals surface area contributed by atoms with Crippen LogP contribution in [0.25, 0.3) is 0 Å². The number of halogens is 4. The van der Waals surface area contributed by atoms with Gasteiger partial charge < -0.3 is 4.90 Å². The fraction of sp³-hybridized carbons (Fsp3) is 0.385. The summed E-state index contributed by atoms with van der Waals surface area (Å²) in [5, 5.41) is -1.33. The van der Waals surface area contributed by atoms with Gasteiger partial charge in [-0.05, 0) is 18.6 Å². The molecule has 0 aliphatic carbocycles. The zero-order valence-corrected chi connectivity index (χ0v) is 19.6. The van der Waals surface area contributed by atoms with E-state index >= 15 is 0 Å². The number of hydrogen-bond acceptors (Lipinski definition) is 4. The first kappa shape index (κ1) is 22.6. The number of fused-ring (bicyclic) bond motifs is 1. The van der Waals surface area contributed by atoms with Gasteiger partial charge in [0.15, 0.2) is 0 Å². The minimum atomic E-state index is -3.91. The molecule has 1 N–H and O–H groups in total. The maximum Gasteiger partial charge on any atom is 0.332 e. The Morgan fingerprint density at radius 1 is 1.31 bits per heavy atom. The van der Waals surface area contributed by atoms with Gasteiger partial charge in [0, 0.05) is 57.9 Å². The topological polar surface area (TPSA) is 86.8 Å². The molecule has 13 heteroatoms. The zero-order chi connectivity index (χ0) is 18.5. The van der Waals surface area contributed by atoms with E-state index in [1.54, 1.807) is 0 Å². The molecule has 0 saturated carbocycles. The third-order valence-electron chi connectivity index (χ3n) is 3.88. The third-order valence-corrected chi connectivity index (χ3v) is 6.19. The first-order valence-electron chi connectivity index (χ1n) is 6.98. The van der Waals surface area contributed by atoms with Crippen molar-refractivity contribution in [2.75, 3.05) is 21.4 Å². The molecule has 3 rings (SSSR count). The molecule has 2 aliphatic rings. The summed E-state index contributed by atoms with van der Waals surface area (Å²) < 4.78 is 39.6. The number of benzene rings is 1. The molecule has 2 atom stereocenters. The van der Waals surface area contributed by atoms with Crippen molar-refractivity contribution in [2.24, 2.45) is 0 Å². The van der Waals surface area contributed by atoms with Gasteiger partial charge in [-0.2, -0.15) is 0 Å². The van der Waals surface area contributed by atoms with E-state index in [2.05, 4.69) is 4.72 Å². The van der Waals surface area contributed by atoms with E-state index in [1.165, 1.54) is 4.90 Å². The Hall–Kier alpha value is 0.346. The molecule has 0 spiro atoms. The Bertz CT molecular complexity index is 848. The fourth-order valence-electron chi connectivity index (χ4n) is 2.81. The number of carbonyl (C=O) groups excluding carboxylic acids is 2. The Kier molecular flexibility index (Phi) is 7.29. The Labute approximate surface area is 206 Å². The summed E-state index contributed by atoms with van der Waals surface area (Å²) >= 11 is 17.1. The molecule has 1 aromatic carbocycles. The summed E-state index contributed by atoms with van der Waals surface area (Å²) in [4.78, 5) is 26.8. The molecule has 2 fully saturated rings. The van der Waals surface area contributed by atoms with Crippen molar-refractivity contribution in [3.8, 4) is 0 Å². The van der Waals surface area contributed by atoms with Crippen molar-refractivity contribution in [1.29, 1.82) is 0 Å². The number of amides is 3. The summed E-state index contributed by atoms with van der Waals surface area (Å²) in [5.41, 5.74) is -0.589. The summed E-state index contributed by atoms with van der Waals surface area (Å²) in [6.07, 6.45) is 0.267. The summed E-state index contributed by atoms with van der Waals surface area (Å²) in [6.45, 7) is 0.175. The molecule has 26 heavy (non-hydrogen) atoms. The molecule has 0 bridgehead atoms. The van der Waals surface area contributed by atoms with Crippen LogP contribution in [-0.2, 0) is 14.8 Å². The average molecular weight is 470 g/mol. The number of rotatable bonds is 4. The smallest absolute Gasteiger partial charge is 0.310 e.